The Morgan fingerprint density at radius 3 is 2.47 bits per heavy atom. The number of carbonyl (C=O) groups excluding carboxylic acids is 1. The number of allylic oxidation sites excluding steroid dienone is 1. The zero-order chi connectivity index (χ0) is 24.3. The van der Waals surface area contributed by atoms with Crippen LogP contribution >= 0.6 is 0 Å². The Hall–Kier alpha value is -3.34. The summed E-state index contributed by atoms with van der Waals surface area (Å²) in [6.07, 6.45) is 6.93. The van der Waals surface area contributed by atoms with Crippen LogP contribution in [0.2, 0.25) is 0 Å². The van der Waals surface area contributed by atoms with Crippen molar-refractivity contribution in [2.45, 2.75) is 70.5 Å². The second-order valence-electron chi connectivity index (χ2n) is 9.88. The lowest BCUT2D eigenvalue weighted by molar-refractivity contribution is 0.0890. The van der Waals surface area contributed by atoms with E-state index in [9.17, 15) is 4.79 Å². The number of amides is 1. The summed E-state index contributed by atoms with van der Waals surface area (Å²) in [6.45, 7) is 12.4. The van der Waals surface area contributed by atoms with E-state index in [1.54, 1.807) is 6.20 Å². The molecular weight excluding hydrogens is 420 g/mol. The second-order valence-corrected chi connectivity index (χ2v) is 9.88. The topological polar surface area (TPSA) is 59.0 Å². The molecule has 178 valence electrons. The van der Waals surface area contributed by atoms with Crippen LogP contribution in [0.1, 0.15) is 80.0 Å². The predicted octanol–water partition coefficient (Wildman–Crippen LogP) is 6.35. The average molecular weight is 457 g/mol. The lowest BCUT2D eigenvalue weighted by atomic mass is 9.83. The second kappa shape index (κ2) is 9.49. The molecule has 34 heavy (non-hydrogen) atoms. The summed E-state index contributed by atoms with van der Waals surface area (Å²) in [5, 5.41) is 11.6. The molecular formula is C29H36N4O. The first-order chi connectivity index (χ1) is 16.3. The van der Waals surface area contributed by atoms with Crippen LogP contribution in [0.3, 0.4) is 0 Å². The number of anilines is 1. The maximum Gasteiger partial charge on any atom is 0.257 e. The van der Waals surface area contributed by atoms with Gasteiger partial charge in [-0.05, 0) is 56.2 Å². The first-order valence-electron chi connectivity index (χ1n) is 12.3. The van der Waals surface area contributed by atoms with Crippen LogP contribution in [0, 0.1) is 0 Å². The zero-order valence-corrected chi connectivity index (χ0v) is 20.8. The van der Waals surface area contributed by atoms with E-state index >= 15 is 0 Å². The molecule has 0 aliphatic carbocycles. The number of carbonyl (C=O) groups is 1. The minimum Gasteiger partial charge on any atom is -0.363 e. The fourth-order valence-electron chi connectivity index (χ4n) is 5.12. The van der Waals surface area contributed by atoms with E-state index in [1.165, 1.54) is 11.1 Å². The van der Waals surface area contributed by atoms with Crippen LogP contribution in [0.15, 0.2) is 73.4 Å². The molecule has 0 saturated heterocycles. The molecule has 0 saturated carbocycles. The van der Waals surface area contributed by atoms with Gasteiger partial charge < -0.3 is 10.6 Å². The van der Waals surface area contributed by atoms with Gasteiger partial charge in [-0.3, -0.25) is 4.79 Å². The van der Waals surface area contributed by atoms with Gasteiger partial charge in [0.1, 0.15) is 11.4 Å². The van der Waals surface area contributed by atoms with Crippen molar-refractivity contribution in [3.05, 3.63) is 95.7 Å². The zero-order valence-electron chi connectivity index (χ0n) is 20.8. The van der Waals surface area contributed by atoms with E-state index in [0.717, 1.165) is 37.1 Å². The predicted molar refractivity (Wildman–Crippen MR) is 139 cm³/mol. The number of fused-ring (bicyclic) bond motifs is 1. The normalized spacial score (nSPS) is 16.9. The number of aromatic nitrogens is 2. The highest BCUT2D eigenvalue weighted by molar-refractivity contribution is 5.99. The van der Waals surface area contributed by atoms with Gasteiger partial charge in [-0.2, -0.15) is 5.10 Å². The summed E-state index contributed by atoms with van der Waals surface area (Å²) in [5.74, 6) is 0.683. The number of hydrogen-bond donors (Lipinski definition) is 2. The molecule has 1 amide bonds. The monoisotopic (exact) mass is 456 g/mol. The number of nitrogens with one attached hydrogen (secondary N) is 2. The first-order valence-corrected chi connectivity index (χ1v) is 12.3. The molecule has 4 rings (SSSR count). The van der Waals surface area contributed by atoms with Crippen LogP contribution in [0.4, 0.5) is 5.82 Å². The summed E-state index contributed by atoms with van der Waals surface area (Å²) in [5.41, 5.74) is 3.48. The molecule has 1 unspecified atom stereocenters. The van der Waals surface area contributed by atoms with Gasteiger partial charge in [0.25, 0.3) is 5.91 Å². The van der Waals surface area contributed by atoms with E-state index in [2.05, 4.69) is 98.5 Å². The maximum atomic E-state index is 13.7. The minimum absolute atomic E-state index is 0.0999. The summed E-state index contributed by atoms with van der Waals surface area (Å²) >= 11 is 0. The van der Waals surface area contributed by atoms with E-state index in [0.29, 0.717) is 5.56 Å². The molecule has 0 spiro atoms. The third kappa shape index (κ3) is 4.39. The van der Waals surface area contributed by atoms with Crippen LogP contribution in [-0.2, 0) is 17.5 Å². The van der Waals surface area contributed by atoms with Crippen molar-refractivity contribution >= 4 is 11.7 Å². The van der Waals surface area contributed by atoms with Gasteiger partial charge in [0.2, 0.25) is 0 Å². The van der Waals surface area contributed by atoms with Crippen molar-refractivity contribution in [3.8, 4) is 0 Å². The van der Waals surface area contributed by atoms with Gasteiger partial charge >= 0.3 is 0 Å². The van der Waals surface area contributed by atoms with Gasteiger partial charge in [0, 0.05) is 0 Å². The largest absolute Gasteiger partial charge is 0.363 e. The molecule has 1 atom stereocenters. The molecule has 0 radical (unpaired) electrons. The Bertz CT molecular complexity index is 1140. The highest BCUT2D eigenvalue weighted by Crippen LogP contribution is 2.40. The molecule has 1 aromatic heterocycles. The highest BCUT2D eigenvalue weighted by atomic mass is 16.1. The molecule has 1 aliphatic heterocycles. The van der Waals surface area contributed by atoms with E-state index in [4.69, 9.17) is 0 Å². The SMILES string of the molecule is C=CCc1ccc(C(CC)(CC)NC(=O)c2cnn3c2NC(c2ccccc2)CC3(C)C)cc1. The number of nitrogens with zero attached hydrogens (tertiary/aromatic N) is 2. The number of hydrogen-bond acceptors (Lipinski definition) is 3. The third-order valence-electron chi connectivity index (χ3n) is 7.25. The Morgan fingerprint density at radius 1 is 1.18 bits per heavy atom. The summed E-state index contributed by atoms with van der Waals surface area (Å²) in [7, 11) is 0. The Morgan fingerprint density at radius 2 is 1.85 bits per heavy atom. The fraction of sp³-hybridized carbons (Fsp3) is 0.379. The molecule has 2 N–H and O–H groups in total. The number of benzene rings is 2. The van der Waals surface area contributed by atoms with Crippen molar-refractivity contribution in [1.82, 2.24) is 15.1 Å². The van der Waals surface area contributed by atoms with Crippen molar-refractivity contribution < 1.29 is 4.79 Å². The van der Waals surface area contributed by atoms with Crippen LogP contribution in [-0.4, -0.2) is 15.7 Å². The van der Waals surface area contributed by atoms with Crippen molar-refractivity contribution in [1.29, 1.82) is 0 Å². The molecule has 2 aromatic carbocycles. The van der Waals surface area contributed by atoms with E-state index in [1.807, 2.05) is 16.8 Å². The van der Waals surface area contributed by atoms with Gasteiger partial charge in [0.15, 0.2) is 0 Å². The van der Waals surface area contributed by atoms with Gasteiger partial charge in [0.05, 0.1) is 23.3 Å². The lowest BCUT2D eigenvalue weighted by Crippen LogP contribution is -2.45. The molecule has 3 aromatic rings. The molecule has 2 heterocycles. The summed E-state index contributed by atoms with van der Waals surface area (Å²) in [6, 6.07) is 19.0. The Balaban J connectivity index is 1.65. The summed E-state index contributed by atoms with van der Waals surface area (Å²) in [4.78, 5) is 13.7. The van der Waals surface area contributed by atoms with Crippen LogP contribution in [0.5, 0.6) is 0 Å². The first kappa shape index (κ1) is 23.8. The van der Waals surface area contributed by atoms with E-state index in [-0.39, 0.29) is 17.5 Å². The Kier molecular flexibility index (Phi) is 6.65. The maximum absolute atomic E-state index is 13.7. The van der Waals surface area contributed by atoms with Crippen molar-refractivity contribution in [2.75, 3.05) is 5.32 Å². The summed E-state index contributed by atoms with van der Waals surface area (Å²) < 4.78 is 1.96. The number of rotatable bonds is 8. The van der Waals surface area contributed by atoms with Gasteiger partial charge in [-0.25, -0.2) is 4.68 Å². The van der Waals surface area contributed by atoms with E-state index < -0.39 is 5.54 Å². The van der Waals surface area contributed by atoms with Crippen LogP contribution < -0.4 is 10.6 Å². The third-order valence-corrected chi connectivity index (χ3v) is 7.25. The highest BCUT2D eigenvalue weighted by Gasteiger charge is 2.38. The van der Waals surface area contributed by atoms with Crippen LogP contribution in [0.25, 0.3) is 0 Å². The fourth-order valence-corrected chi connectivity index (χ4v) is 5.12. The van der Waals surface area contributed by atoms with Crippen molar-refractivity contribution in [3.63, 3.8) is 0 Å². The molecule has 5 heteroatoms. The molecule has 0 bridgehead atoms. The van der Waals surface area contributed by atoms with Crippen molar-refractivity contribution in [2.24, 2.45) is 0 Å². The van der Waals surface area contributed by atoms with Gasteiger partial charge in [-0.1, -0.05) is 74.5 Å². The minimum atomic E-state index is -0.443. The smallest absolute Gasteiger partial charge is 0.257 e. The van der Waals surface area contributed by atoms with Gasteiger partial charge in [-0.15, -0.1) is 6.58 Å². The quantitative estimate of drug-likeness (QED) is 0.388. The molecule has 1 aliphatic rings. The lowest BCUT2D eigenvalue weighted by Gasteiger charge is -2.38. The standard InChI is InChI=1S/C29H36N4O/c1-6-12-21-15-17-23(18-16-21)29(7-2,8-3)32-27(34)24-20-30-33-26(24)31-25(19-28(33,4)5)22-13-10-9-11-14-22/h6,9-11,13-18,20,25,31H,1,7-8,12,19H2,2-5H3,(H,32,34). The average Bonchev–Trinajstić information content (AvgIpc) is 3.29. The molecule has 0 fully saturated rings. The molecule has 5 nitrogen and oxygen atoms in total. The Labute approximate surface area is 203 Å².